The van der Waals surface area contributed by atoms with Crippen LogP contribution in [0.3, 0.4) is 0 Å². The number of rotatable bonds is 0. The van der Waals surface area contributed by atoms with E-state index in [9.17, 15) is 13.6 Å². The van der Waals surface area contributed by atoms with Crippen LogP contribution < -0.4 is 5.32 Å². The number of fused-ring (bicyclic) bond motifs is 1. The van der Waals surface area contributed by atoms with Gasteiger partial charge in [0.2, 0.25) is 0 Å². The first-order valence-electron chi connectivity index (χ1n) is 3.57. The van der Waals surface area contributed by atoms with E-state index in [-0.39, 0.29) is 11.3 Å². The van der Waals surface area contributed by atoms with Gasteiger partial charge in [-0.25, -0.2) is 8.78 Å². The van der Waals surface area contributed by atoms with Gasteiger partial charge in [-0.15, -0.1) is 0 Å². The van der Waals surface area contributed by atoms with Gasteiger partial charge in [-0.2, -0.15) is 0 Å². The van der Waals surface area contributed by atoms with Crippen LogP contribution in [0.15, 0.2) is 12.1 Å². The quantitative estimate of drug-likeness (QED) is 0.632. The molecule has 2 rings (SSSR count). The summed E-state index contributed by atoms with van der Waals surface area (Å²) in [6, 6.07) is 1.66. The molecule has 1 atom stereocenters. The first kappa shape index (κ1) is 8.12. The van der Waals surface area contributed by atoms with E-state index in [4.69, 9.17) is 5.11 Å². The molecule has 68 valence electrons. The lowest BCUT2D eigenvalue weighted by molar-refractivity contribution is -0.123. The van der Waals surface area contributed by atoms with Gasteiger partial charge in [0, 0.05) is 11.6 Å². The van der Waals surface area contributed by atoms with Crippen LogP contribution in [-0.4, -0.2) is 11.0 Å². The van der Waals surface area contributed by atoms with E-state index in [1.54, 1.807) is 0 Å². The van der Waals surface area contributed by atoms with Crippen LogP contribution in [-0.2, 0) is 4.79 Å². The van der Waals surface area contributed by atoms with Crippen molar-refractivity contribution in [3.05, 3.63) is 29.3 Å². The van der Waals surface area contributed by atoms with Crippen molar-refractivity contribution in [1.29, 1.82) is 0 Å². The van der Waals surface area contributed by atoms with Crippen LogP contribution in [0, 0.1) is 11.6 Å². The van der Waals surface area contributed by atoms with E-state index in [1.807, 2.05) is 0 Å². The second kappa shape index (κ2) is 2.50. The van der Waals surface area contributed by atoms with Crippen molar-refractivity contribution in [2.24, 2.45) is 0 Å². The first-order chi connectivity index (χ1) is 6.09. The standard InChI is InChI=1S/C8H5F2NO2/c9-4-1-3-6(2-5(4)10)11-8(13)7(3)12/h1-2,7,12H,(H,11,13). The number of carbonyl (C=O) groups is 1. The van der Waals surface area contributed by atoms with E-state index in [0.717, 1.165) is 12.1 Å². The van der Waals surface area contributed by atoms with Gasteiger partial charge in [-0.1, -0.05) is 0 Å². The van der Waals surface area contributed by atoms with Crippen molar-refractivity contribution in [3.63, 3.8) is 0 Å². The maximum Gasteiger partial charge on any atom is 0.257 e. The van der Waals surface area contributed by atoms with E-state index in [1.165, 1.54) is 0 Å². The number of hydrogen-bond acceptors (Lipinski definition) is 2. The van der Waals surface area contributed by atoms with Crippen LogP contribution in [0.2, 0.25) is 0 Å². The van der Waals surface area contributed by atoms with E-state index in [2.05, 4.69) is 5.32 Å². The highest BCUT2D eigenvalue weighted by atomic mass is 19.2. The SMILES string of the molecule is O=C1Nc2cc(F)c(F)cc2C1O. The Kier molecular flexibility index (Phi) is 1.56. The molecule has 0 saturated carbocycles. The smallest absolute Gasteiger partial charge is 0.257 e. The largest absolute Gasteiger partial charge is 0.378 e. The van der Waals surface area contributed by atoms with Crippen molar-refractivity contribution in [1.82, 2.24) is 0 Å². The molecular formula is C8H5F2NO2. The number of benzene rings is 1. The molecule has 0 aliphatic carbocycles. The summed E-state index contributed by atoms with van der Waals surface area (Å²) in [6.07, 6.45) is -1.40. The number of aliphatic hydroxyl groups is 1. The van der Waals surface area contributed by atoms with Crippen LogP contribution >= 0.6 is 0 Å². The molecular weight excluding hydrogens is 180 g/mol. The molecule has 0 radical (unpaired) electrons. The fraction of sp³-hybridized carbons (Fsp3) is 0.125. The Bertz CT molecular complexity index is 392. The number of anilines is 1. The van der Waals surface area contributed by atoms with Crippen molar-refractivity contribution in [2.75, 3.05) is 5.32 Å². The zero-order chi connectivity index (χ0) is 9.59. The summed E-state index contributed by atoms with van der Waals surface area (Å²) in [4.78, 5) is 10.8. The third-order valence-corrected chi connectivity index (χ3v) is 1.89. The summed E-state index contributed by atoms with van der Waals surface area (Å²) < 4.78 is 25.3. The van der Waals surface area contributed by atoms with Crippen molar-refractivity contribution >= 4 is 11.6 Å². The molecule has 13 heavy (non-hydrogen) atoms. The molecule has 0 bridgehead atoms. The molecule has 1 heterocycles. The summed E-state index contributed by atoms with van der Waals surface area (Å²) >= 11 is 0. The topological polar surface area (TPSA) is 49.3 Å². The molecule has 1 aromatic carbocycles. The molecule has 2 N–H and O–H groups in total. The Morgan fingerprint density at radius 3 is 2.62 bits per heavy atom. The zero-order valence-electron chi connectivity index (χ0n) is 6.34. The van der Waals surface area contributed by atoms with Crippen molar-refractivity contribution in [2.45, 2.75) is 6.10 Å². The Morgan fingerprint density at radius 2 is 1.92 bits per heavy atom. The average molecular weight is 185 g/mol. The second-order valence-corrected chi connectivity index (χ2v) is 2.75. The molecule has 0 aromatic heterocycles. The summed E-state index contributed by atoms with van der Waals surface area (Å²) in [7, 11) is 0. The molecule has 0 spiro atoms. The molecule has 1 aromatic rings. The van der Waals surface area contributed by atoms with E-state index in [0.29, 0.717) is 0 Å². The van der Waals surface area contributed by atoms with Gasteiger partial charge in [0.15, 0.2) is 17.7 Å². The molecule has 1 unspecified atom stereocenters. The molecule has 1 amide bonds. The minimum absolute atomic E-state index is 0.0731. The summed E-state index contributed by atoms with van der Waals surface area (Å²) in [5.74, 6) is -2.79. The van der Waals surface area contributed by atoms with Crippen molar-refractivity contribution < 1.29 is 18.7 Å². The number of hydrogen-bond donors (Lipinski definition) is 2. The Hall–Kier alpha value is -1.49. The Balaban J connectivity index is 2.59. The van der Waals surface area contributed by atoms with Gasteiger partial charge >= 0.3 is 0 Å². The summed E-state index contributed by atoms with van der Waals surface area (Å²) in [5, 5.41) is 11.4. The maximum absolute atomic E-state index is 12.6. The lowest BCUT2D eigenvalue weighted by Gasteiger charge is -2.00. The fourth-order valence-electron chi connectivity index (χ4n) is 1.24. The summed E-state index contributed by atoms with van der Waals surface area (Å²) in [6.45, 7) is 0. The number of amides is 1. The van der Waals surface area contributed by atoms with E-state index >= 15 is 0 Å². The predicted octanol–water partition coefficient (Wildman–Crippen LogP) is 0.950. The van der Waals surface area contributed by atoms with Crippen molar-refractivity contribution in [3.8, 4) is 0 Å². The number of nitrogens with one attached hydrogen (secondary N) is 1. The minimum Gasteiger partial charge on any atom is -0.378 e. The summed E-state index contributed by atoms with van der Waals surface area (Å²) in [5.41, 5.74) is 0.195. The number of carbonyl (C=O) groups excluding carboxylic acids is 1. The van der Waals surface area contributed by atoms with Crippen LogP contribution in [0.4, 0.5) is 14.5 Å². The maximum atomic E-state index is 12.6. The average Bonchev–Trinajstić information content (AvgIpc) is 2.32. The monoisotopic (exact) mass is 185 g/mol. The highest BCUT2D eigenvalue weighted by molar-refractivity contribution is 6.01. The fourth-order valence-corrected chi connectivity index (χ4v) is 1.24. The molecule has 0 fully saturated rings. The number of halogens is 2. The van der Waals surface area contributed by atoms with Gasteiger partial charge in [0.05, 0.1) is 5.69 Å². The molecule has 0 saturated heterocycles. The van der Waals surface area contributed by atoms with E-state index < -0.39 is 23.6 Å². The highest BCUT2D eigenvalue weighted by Gasteiger charge is 2.29. The zero-order valence-corrected chi connectivity index (χ0v) is 6.34. The van der Waals surface area contributed by atoms with Crippen LogP contribution in [0.25, 0.3) is 0 Å². The third kappa shape index (κ3) is 1.08. The molecule has 1 aliphatic heterocycles. The second-order valence-electron chi connectivity index (χ2n) is 2.75. The van der Waals surface area contributed by atoms with Gasteiger partial charge in [-0.05, 0) is 6.07 Å². The first-order valence-corrected chi connectivity index (χ1v) is 3.57. The molecule has 1 aliphatic rings. The van der Waals surface area contributed by atoms with Crippen LogP contribution in [0.5, 0.6) is 0 Å². The van der Waals surface area contributed by atoms with Gasteiger partial charge in [0.1, 0.15) is 0 Å². The number of aliphatic hydroxyl groups excluding tert-OH is 1. The van der Waals surface area contributed by atoms with Crippen LogP contribution in [0.1, 0.15) is 11.7 Å². The van der Waals surface area contributed by atoms with Gasteiger partial charge in [-0.3, -0.25) is 4.79 Å². The Labute approximate surface area is 72.0 Å². The van der Waals surface area contributed by atoms with Gasteiger partial charge < -0.3 is 10.4 Å². The minimum atomic E-state index is -1.40. The predicted molar refractivity (Wildman–Crippen MR) is 39.9 cm³/mol. The van der Waals surface area contributed by atoms with Gasteiger partial charge in [0.25, 0.3) is 5.91 Å². The molecule has 5 heteroatoms. The lowest BCUT2D eigenvalue weighted by atomic mass is 10.1. The normalized spacial score (nSPS) is 19.9. The Morgan fingerprint density at radius 1 is 1.31 bits per heavy atom. The lowest BCUT2D eigenvalue weighted by Crippen LogP contribution is -2.10. The highest BCUT2D eigenvalue weighted by Crippen LogP contribution is 2.31. The molecule has 3 nitrogen and oxygen atoms in total. The third-order valence-electron chi connectivity index (χ3n) is 1.89.